The number of para-hydroxylation sites is 2. The molecule has 0 aliphatic rings. The standard InChI is InChI=1S/C19H17N3S/c20-17-11-4-5-12-18(17)22-19(23)21-16-10-6-9-15(13-16)14-7-2-1-3-8-14/h1-13H,20H2,(H2,21,22,23). The lowest BCUT2D eigenvalue weighted by Gasteiger charge is -2.13. The number of anilines is 3. The molecule has 0 aliphatic carbocycles. The molecule has 4 N–H and O–H groups in total. The van der Waals surface area contributed by atoms with E-state index in [4.69, 9.17) is 18.0 Å². The Bertz CT molecular complexity index is 816. The van der Waals surface area contributed by atoms with Crippen molar-refractivity contribution in [2.24, 2.45) is 0 Å². The number of nitrogen functional groups attached to an aromatic ring is 1. The molecule has 0 spiro atoms. The third kappa shape index (κ3) is 3.87. The molecule has 0 radical (unpaired) electrons. The van der Waals surface area contributed by atoms with Crippen molar-refractivity contribution in [3.05, 3.63) is 78.9 Å². The van der Waals surface area contributed by atoms with E-state index >= 15 is 0 Å². The van der Waals surface area contributed by atoms with Crippen LogP contribution in [0, 0.1) is 0 Å². The highest BCUT2D eigenvalue weighted by Crippen LogP contribution is 2.23. The van der Waals surface area contributed by atoms with Gasteiger partial charge in [-0.3, -0.25) is 0 Å². The largest absolute Gasteiger partial charge is 0.397 e. The molecule has 0 amide bonds. The van der Waals surface area contributed by atoms with E-state index in [1.165, 1.54) is 5.56 Å². The average molecular weight is 319 g/mol. The Hall–Kier alpha value is -2.85. The first-order chi connectivity index (χ1) is 11.2. The van der Waals surface area contributed by atoms with Gasteiger partial charge in [-0.25, -0.2) is 0 Å². The van der Waals surface area contributed by atoms with Crippen LogP contribution in [-0.2, 0) is 0 Å². The molecule has 114 valence electrons. The van der Waals surface area contributed by atoms with Crippen molar-refractivity contribution in [3.63, 3.8) is 0 Å². The second kappa shape index (κ2) is 6.94. The van der Waals surface area contributed by atoms with Crippen molar-refractivity contribution in [1.82, 2.24) is 0 Å². The fourth-order valence-corrected chi connectivity index (χ4v) is 2.53. The maximum absolute atomic E-state index is 5.91. The number of nitrogens with one attached hydrogen (secondary N) is 2. The molecule has 0 atom stereocenters. The minimum atomic E-state index is 0.508. The first-order valence-corrected chi connectivity index (χ1v) is 7.71. The molecule has 0 bridgehead atoms. The zero-order chi connectivity index (χ0) is 16.1. The highest BCUT2D eigenvalue weighted by molar-refractivity contribution is 7.80. The summed E-state index contributed by atoms with van der Waals surface area (Å²) < 4.78 is 0. The van der Waals surface area contributed by atoms with E-state index in [0.29, 0.717) is 10.8 Å². The number of nitrogens with two attached hydrogens (primary N) is 1. The van der Waals surface area contributed by atoms with Crippen LogP contribution in [-0.4, -0.2) is 5.11 Å². The Morgan fingerprint density at radius 2 is 1.43 bits per heavy atom. The van der Waals surface area contributed by atoms with Crippen molar-refractivity contribution in [2.75, 3.05) is 16.4 Å². The zero-order valence-electron chi connectivity index (χ0n) is 12.5. The smallest absolute Gasteiger partial charge is 0.175 e. The molecule has 0 saturated carbocycles. The van der Waals surface area contributed by atoms with Gasteiger partial charge in [0.1, 0.15) is 0 Å². The van der Waals surface area contributed by atoms with Crippen LogP contribution in [0.5, 0.6) is 0 Å². The Labute approximate surface area is 141 Å². The average Bonchev–Trinajstić information content (AvgIpc) is 2.58. The van der Waals surface area contributed by atoms with Gasteiger partial charge in [0, 0.05) is 5.69 Å². The summed E-state index contributed by atoms with van der Waals surface area (Å²) in [6, 6.07) is 25.9. The van der Waals surface area contributed by atoms with Crippen molar-refractivity contribution < 1.29 is 0 Å². The monoisotopic (exact) mass is 319 g/mol. The van der Waals surface area contributed by atoms with E-state index in [9.17, 15) is 0 Å². The topological polar surface area (TPSA) is 50.1 Å². The zero-order valence-corrected chi connectivity index (χ0v) is 13.3. The molecule has 0 aliphatic heterocycles. The lowest BCUT2D eigenvalue weighted by Crippen LogP contribution is -2.19. The van der Waals surface area contributed by atoms with Crippen LogP contribution in [0.4, 0.5) is 17.1 Å². The second-order valence-corrected chi connectivity index (χ2v) is 5.52. The van der Waals surface area contributed by atoms with Crippen molar-refractivity contribution in [3.8, 4) is 11.1 Å². The predicted molar refractivity (Wildman–Crippen MR) is 103 cm³/mol. The molecule has 23 heavy (non-hydrogen) atoms. The Kier molecular flexibility index (Phi) is 4.54. The Balaban J connectivity index is 1.73. The maximum atomic E-state index is 5.91. The van der Waals surface area contributed by atoms with Gasteiger partial charge in [0.2, 0.25) is 0 Å². The molecule has 3 nitrogen and oxygen atoms in total. The molecule has 3 aromatic rings. The van der Waals surface area contributed by atoms with Gasteiger partial charge in [0.25, 0.3) is 0 Å². The number of thiocarbonyl (C=S) groups is 1. The summed E-state index contributed by atoms with van der Waals surface area (Å²) in [5.74, 6) is 0. The van der Waals surface area contributed by atoms with Crippen LogP contribution in [0.25, 0.3) is 11.1 Å². The molecule has 4 heteroatoms. The molecule has 0 fully saturated rings. The summed E-state index contributed by atoms with van der Waals surface area (Å²) in [7, 11) is 0. The van der Waals surface area contributed by atoms with Crippen molar-refractivity contribution in [1.29, 1.82) is 0 Å². The normalized spacial score (nSPS) is 10.1. The first kappa shape index (κ1) is 15.1. The van der Waals surface area contributed by atoms with Gasteiger partial charge in [-0.15, -0.1) is 0 Å². The molecular weight excluding hydrogens is 302 g/mol. The van der Waals surface area contributed by atoms with E-state index in [1.807, 2.05) is 54.6 Å². The van der Waals surface area contributed by atoms with Crippen LogP contribution >= 0.6 is 12.2 Å². The molecular formula is C19H17N3S. The molecule has 0 saturated heterocycles. The van der Waals surface area contributed by atoms with Gasteiger partial charge in [0.15, 0.2) is 5.11 Å². The van der Waals surface area contributed by atoms with Crippen LogP contribution in [0.1, 0.15) is 0 Å². The molecule has 0 heterocycles. The van der Waals surface area contributed by atoms with E-state index in [-0.39, 0.29) is 0 Å². The van der Waals surface area contributed by atoms with Gasteiger partial charge in [-0.1, -0.05) is 54.6 Å². The van der Waals surface area contributed by atoms with Crippen LogP contribution in [0.3, 0.4) is 0 Å². The van der Waals surface area contributed by atoms with Crippen molar-refractivity contribution in [2.45, 2.75) is 0 Å². The summed E-state index contributed by atoms with van der Waals surface area (Å²) in [6.07, 6.45) is 0. The van der Waals surface area contributed by atoms with Gasteiger partial charge in [-0.2, -0.15) is 0 Å². The molecule has 0 unspecified atom stereocenters. The van der Waals surface area contributed by atoms with Crippen molar-refractivity contribution >= 4 is 34.4 Å². The lowest BCUT2D eigenvalue weighted by molar-refractivity contribution is 1.57. The first-order valence-electron chi connectivity index (χ1n) is 7.30. The summed E-state index contributed by atoms with van der Waals surface area (Å²) in [4.78, 5) is 0. The Morgan fingerprint density at radius 3 is 2.22 bits per heavy atom. The van der Waals surface area contributed by atoms with E-state index in [1.54, 1.807) is 0 Å². The van der Waals surface area contributed by atoms with Gasteiger partial charge >= 0.3 is 0 Å². The van der Waals surface area contributed by atoms with E-state index < -0.39 is 0 Å². The lowest BCUT2D eigenvalue weighted by atomic mass is 10.1. The summed E-state index contributed by atoms with van der Waals surface area (Å²) in [6.45, 7) is 0. The molecule has 0 aromatic heterocycles. The molecule has 3 rings (SSSR count). The summed E-state index contributed by atoms with van der Waals surface area (Å²) in [5.41, 5.74) is 10.6. The third-order valence-corrected chi connectivity index (χ3v) is 3.64. The SMILES string of the molecule is Nc1ccccc1NC(=S)Nc1cccc(-c2ccccc2)c1. The highest BCUT2D eigenvalue weighted by atomic mass is 32.1. The maximum Gasteiger partial charge on any atom is 0.175 e. The minimum absolute atomic E-state index is 0.508. The van der Waals surface area contributed by atoms with Crippen LogP contribution in [0.15, 0.2) is 78.9 Å². The second-order valence-electron chi connectivity index (χ2n) is 5.11. The third-order valence-electron chi connectivity index (χ3n) is 3.44. The van der Waals surface area contributed by atoms with E-state index in [0.717, 1.165) is 16.9 Å². The quantitative estimate of drug-likeness (QED) is 0.482. The molecule has 3 aromatic carbocycles. The van der Waals surface area contributed by atoms with Gasteiger partial charge < -0.3 is 16.4 Å². The summed E-state index contributed by atoms with van der Waals surface area (Å²) >= 11 is 5.36. The fraction of sp³-hybridized carbons (Fsp3) is 0. The predicted octanol–water partition coefficient (Wildman–Crippen LogP) is 4.74. The van der Waals surface area contributed by atoms with Crippen LogP contribution < -0.4 is 16.4 Å². The number of hydrogen-bond donors (Lipinski definition) is 3. The summed E-state index contributed by atoms with van der Waals surface area (Å²) in [5, 5.41) is 6.81. The van der Waals surface area contributed by atoms with E-state index in [2.05, 4.69) is 34.9 Å². The number of benzene rings is 3. The minimum Gasteiger partial charge on any atom is -0.397 e. The number of hydrogen-bond acceptors (Lipinski definition) is 2. The van der Waals surface area contributed by atoms with Gasteiger partial charge in [0.05, 0.1) is 11.4 Å². The Morgan fingerprint density at radius 1 is 0.739 bits per heavy atom. The highest BCUT2D eigenvalue weighted by Gasteiger charge is 2.03. The van der Waals surface area contributed by atoms with Gasteiger partial charge in [-0.05, 0) is 47.6 Å². The number of rotatable bonds is 3. The fourth-order valence-electron chi connectivity index (χ4n) is 2.30. The van der Waals surface area contributed by atoms with Crippen LogP contribution in [0.2, 0.25) is 0 Å².